The van der Waals surface area contributed by atoms with Gasteiger partial charge in [-0.3, -0.25) is 4.79 Å². The standard InChI is InChI=1S/C22H26N2O2/c1-2-26-20-9-5-17(6-10-20)15-22(25)24-14-11-18-7-8-19(16-21(18)24)23-12-3-4-13-23/h5-10,16H,2-4,11-15H2,1H3. The van der Waals surface area contributed by atoms with Gasteiger partial charge in [-0.05, 0) is 61.6 Å². The van der Waals surface area contributed by atoms with Gasteiger partial charge in [-0.25, -0.2) is 0 Å². The summed E-state index contributed by atoms with van der Waals surface area (Å²) in [6, 6.07) is 14.5. The van der Waals surface area contributed by atoms with Gasteiger partial charge in [0, 0.05) is 31.0 Å². The van der Waals surface area contributed by atoms with Crippen LogP contribution in [-0.4, -0.2) is 32.1 Å². The summed E-state index contributed by atoms with van der Waals surface area (Å²) in [5.41, 5.74) is 4.67. The normalized spacial score (nSPS) is 16.0. The zero-order chi connectivity index (χ0) is 17.9. The highest BCUT2D eigenvalue weighted by molar-refractivity contribution is 5.97. The minimum atomic E-state index is 0.173. The Bertz CT molecular complexity index is 779. The Balaban J connectivity index is 1.48. The first-order valence-corrected chi connectivity index (χ1v) is 9.64. The van der Waals surface area contributed by atoms with Crippen molar-refractivity contribution in [2.75, 3.05) is 36.0 Å². The lowest BCUT2D eigenvalue weighted by Crippen LogP contribution is -2.30. The number of hydrogen-bond acceptors (Lipinski definition) is 3. The molecule has 4 heteroatoms. The van der Waals surface area contributed by atoms with Crippen LogP contribution < -0.4 is 14.5 Å². The van der Waals surface area contributed by atoms with Crippen molar-refractivity contribution < 1.29 is 9.53 Å². The van der Waals surface area contributed by atoms with Crippen molar-refractivity contribution >= 4 is 17.3 Å². The van der Waals surface area contributed by atoms with Crippen molar-refractivity contribution in [3.63, 3.8) is 0 Å². The molecule has 0 bridgehead atoms. The van der Waals surface area contributed by atoms with E-state index in [4.69, 9.17) is 4.74 Å². The van der Waals surface area contributed by atoms with Gasteiger partial charge in [-0.1, -0.05) is 18.2 Å². The van der Waals surface area contributed by atoms with E-state index in [1.807, 2.05) is 36.1 Å². The first-order valence-electron chi connectivity index (χ1n) is 9.64. The third kappa shape index (κ3) is 3.41. The highest BCUT2D eigenvalue weighted by Gasteiger charge is 2.26. The summed E-state index contributed by atoms with van der Waals surface area (Å²) in [5, 5.41) is 0. The van der Waals surface area contributed by atoms with Gasteiger partial charge < -0.3 is 14.5 Å². The number of rotatable bonds is 5. The van der Waals surface area contributed by atoms with Gasteiger partial charge in [-0.15, -0.1) is 0 Å². The van der Waals surface area contributed by atoms with Gasteiger partial charge in [0.15, 0.2) is 0 Å². The molecule has 1 fully saturated rings. The second-order valence-electron chi connectivity index (χ2n) is 7.06. The lowest BCUT2D eigenvalue weighted by atomic mass is 10.1. The van der Waals surface area contributed by atoms with Crippen LogP contribution in [0.5, 0.6) is 5.75 Å². The summed E-state index contributed by atoms with van der Waals surface area (Å²) in [5.74, 6) is 1.02. The maximum absolute atomic E-state index is 12.9. The van der Waals surface area contributed by atoms with Gasteiger partial charge >= 0.3 is 0 Å². The minimum absolute atomic E-state index is 0.173. The van der Waals surface area contributed by atoms with Crippen molar-refractivity contribution in [3.05, 3.63) is 53.6 Å². The molecule has 0 aliphatic carbocycles. The Morgan fingerprint density at radius 3 is 2.54 bits per heavy atom. The van der Waals surface area contributed by atoms with Gasteiger partial charge in [-0.2, -0.15) is 0 Å². The van der Waals surface area contributed by atoms with Gasteiger partial charge in [0.25, 0.3) is 0 Å². The number of anilines is 2. The molecule has 1 saturated heterocycles. The number of amides is 1. The monoisotopic (exact) mass is 350 g/mol. The third-order valence-electron chi connectivity index (χ3n) is 5.33. The van der Waals surface area contributed by atoms with Crippen molar-refractivity contribution in [1.29, 1.82) is 0 Å². The van der Waals surface area contributed by atoms with Crippen molar-refractivity contribution in [2.24, 2.45) is 0 Å². The van der Waals surface area contributed by atoms with Crippen LogP contribution in [0, 0.1) is 0 Å². The molecule has 2 aromatic carbocycles. The molecule has 2 aromatic rings. The van der Waals surface area contributed by atoms with Crippen LogP contribution in [0.4, 0.5) is 11.4 Å². The Kier molecular flexibility index (Phi) is 4.83. The predicted molar refractivity (Wildman–Crippen MR) is 105 cm³/mol. The second kappa shape index (κ2) is 7.40. The van der Waals surface area contributed by atoms with Crippen LogP contribution >= 0.6 is 0 Å². The molecule has 2 aliphatic heterocycles. The molecule has 4 nitrogen and oxygen atoms in total. The van der Waals surface area contributed by atoms with E-state index >= 15 is 0 Å². The van der Waals surface area contributed by atoms with E-state index < -0.39 is 0 Å². The molecule has 1 amide bonds. The summed E-state index contributed by atoms with van der Waals surface area (Å²) >= 11 is 0. The molecule has 4 rings (SSSR count). The first-order chi connectivity index (χ1) is 12.7. The average Bonchev–Trinajstić information content (AvgIpc) is 3.33. The summed E-state index contributed by atoms with van der Waals surface area (Å²) in [6.45, 7) is 5.66. The zero-order valence-corrected chi connectivity index (χ0v) is 15.4. The molecule has 26 heavy (non-hydrogen) atoms. The number of hydrogen-bond donors (Lipinski definition) is 0. The average molecular weight is 350 g/mol. The van der Waals surface area contributed by atoms with Crippen LogP contribution in [0.2, 0.25) is 0 Å². The summed E-state index contributed by atoms with van der Waals surface area (Å²) in [4.78, 5) is 17.3. The minimum Gasteiger partial charge on any atom is -0.494 e. The van der Waals surface area contributed by atoms with E-state index in [1.165, 1.54) is 24.1 Å². The number of carbonyl (C=O) groups is 1. The number of ether oxygens (including phenoxy) is 1. The summed E-state index contributed by atoms with van der Waals surface area (Å²) in [6.07, 6.45) is 3.90. The van der Waals surface area contributed by atoms with E-state index in [1.54, 1.807) is 0 Å². The molecule has 0 spiro atoms. The smallest absolute Gasteiger partial charge is 0.231 e. The number of nitrogens with zero attached hydrogens (tertiary/aromatic N) is 2. The summed E-state index contributed by atoms with van der Waals surface area (Å²) in [7, 11) is 0. The van der Waals surface area contributed by atoms with Crippen LogP contribution in [0.15, 0.2) is 42.5 Å². The molecule has 136 valence electrons. The Hall–Kier alpha value is -2.49. The highest BCUT2D eigenvalue weighted by Crippen LogP contribution is 2.33. The molecular formula is C22H26N2O2. The van der Waals surface area contributed by atoms with Crippen molar-refractivity contribution in [3.8, 4) is 5.75 Å². The van der Waals surface area contributed by atoms with E-state index in [9.17, 15) is 4.79 Å². The first kappa shape index (κ1) is 17.0. The predicted octanol–water partition coefficient (Wildman–Crippen LogP) is 3.82. The van der Waals surface area contributed by atoms with Gasteiger partial charge in [0.1, 0.15) is 5.75 Å². The van der Waals surface area contributed by atoms with E-state index in [0.717, 1.165) is 43.1 Å². The van der Waals surface area contributed by atoms with E-state index in [-0.39, 0.29) is 5.91 Å². The lowest BCUT2D eigenvalue weighted by molar-refractivity contribution is -0.117. The van der Waals surface area contributed by atoms with Crippen molar-refractivity contribution in [2.45, 2.75) is 32.6 Å². The second-order valence-corrected chi connectivity index (χ2v) is 7.06. The zero-order valence-electron chi connectivity index (χ0n) is 15.4. The Morgan fingerprint density at radius 2 is 1.81 bits per heavy atom. The van der Waals surface area contributed by atoms with Crippen LogP contribution in [0.1, 0.15) is 30.9 Å². The fourth-order valence-corrected chi connectivity index (χ4v) is 3.94. The Labute approximate surface area is 155 Å². The fourth-order valence-electron chi connectivity index (χ4n) is 3.94. The number of benzene rings is 2. The topological polar surface area (TPSA) is 32.8 Å². The molecule has 0 radical (unpaired) electrons. The Morgan fingerprint density at radius 1 is 1.04 bits per heavy atom. The molecule has 0 saturated carbocycles. The maximum Gasteiger partial charge on any atom is 0.231 e. The molecule has 0 N–H and O–H groups in total. The summed E-state index contributed by atoms with van der Waals surface area (Å²) < 4.78 is 5.47. The molecule has 0 aromatic heterocycles. The number of fused-ring (bicyclic) bond motifs is 1. The van der Waals surface area contributed by atoms with E-state index in [0.29, 0.717) is 13.0 Å². The van der Waals surface area contributed by atoms with E-state index in [2.05, 4.69) is 23.1 Å². The largest absolute Gasteiger partial charge is 0.494 e. The molecule has 0 unspecified atom stereocenters. The lowest BCUT2D eigenvalue weighted by Gasteiger charge is -2.22. The number of carbonyl (C=O) groups excluding carboxylic acids is 1. The van der Waals surface area contributed by atoms with Crippen molar-refractivity contribution in [1.82, 2.24) is 0 Å². The van der Waals surface area contributed by atoms with Crippen LogP contribution in [0.3, 0.4) is 0 Å². The highest BCUT2D eigenvalue weighted by atomic mass is 16.5. The maximum atomic E-state index is 12.9. The molecular weight excluding hydrogens is 324 g/mol. The van der Waals surface area contributed by atoms with Crippen LogP contribution in [-0.2, 0) is 17.6 Å². The SMILES string of the molecule is CCOc1ccc(CC(=O)N2CCc3ccc(N4CCCC4)cc32)cc1. The van der Waals surface area contributed by atoms with Gasteiger partial charge in [0.2, 0.25) is 5.91 Å². The van der Waals surface area contributed by atoms with Gasteiger partial charge in [0.05, 0.1) is 13.0 Å². The quantitative estimate of drug-likeness (QED) is 0.822. The molecule has 2 aliphatic rings. The van der Waals surface area contributed by atoms with Crippen LogP contribution in [0.25, 0.3) is 0 Å². The molecule has 2 heterocycles. The molecule has 0 atom stereocenters. The fraction of sp³-hybridized carbons (Fsp3) is 0.409. The third-order valence-corrected chi connectivity index (χ3v) is 5.33.